The van der Waals surface area contributed by atoms with Gasteiger partial charge in [-0.05, 0) is 49.9 Å². The van der Waals surface area contributed by atoms with Crippen LogP contribution in [0.15, 0.2) is 24.3 Å². The van der Waals surface area contributed by atoms with Crippen LogP contribution in [0.4, 0.5) is 0 Å². The molecule has 7 heteroatoms. The van der Waals surface area contributed by atoms with Crippen LogP contribution < -0.4 is 5.32 Å². The van der Waals surface area contributed by atoms with Crippen LogP contribution >= 0.6 is 0 Å². The molecule has 2 heterocycles. The van der Waals surface area contributed by atoms with Crippen LogP contribution in [-0.2, 0) is 16.1 Å². The van der Waals surface area contributed by atoms with Crippen molar-refractivity contribution in [3.63, 3.8) is 0 Å². The van der Waals surface area contributed by atoms with Crippen LogP contribution in [0.25, 0.3) is 0 Å². The van der Waals surface area contributed by atoms with E-state index >= 15 is 0 Å². The molecule has 26 heavy (non-hydrogen) atoms. The molecule has 2 aliphatic heterocycles. The smallest absolute Gasteiger partial charge is 0.320 e. The van der Waals surface area contributed by atoms with Crippen molar-refractivity contribution < 1.29 is 19.5 Å². The fourth-order valence-corrected chi connectivity index (χ4v) is 3.60. The van der Waals surface area contributed by atoms with Gasteiger partial charge in [0.2, 0.25) is 5.91 Å². The molecule has 2 N–H and O–H groups in total. The summed E-state index contributed by atoms with van der Waals surface area (Å²) in [7, 11) is 0. The Kier molecular flexibility index (Phi) is 5.88. The number of aliphatic carboxylic acids is 1. The molecule has 0 aliphatic carbocycles. The van der Waals surface area contributed by atoms with Crippen molar-refractivity contribution >= 4 is 17.8 Å². The van der Waals surface area contributed by atoms with E-state index in [1.807, 2.05) is 17.0 Å². The summed E-state index contributed by atoms with van der Waals surface area (Å²) in [6.45, 7) is 2.75. The predicted molar refractivity (Wildman–Crippen MR) is 95.7 cm³/mol. The van der Waals surface area contributed by atoms with E-state index in [0.717, 1.165) is 37.9 Å². The Morgan fingerprint density at radius 2 is 1.73 bits per heavy atom. The summed E-state index contributed by atoms with van der Waals surface area (Å²) >= 11 is 0. The summed E-state index contributed by atoms with van der Waals surface area (Å²) in [4.78, 5) is 39.1. The molecule has 0 aromatic heterocycles. The summed E-state index contributed by atoms with van der Waals surface area (Å²) in [5.41, 5.74) is 1.58. The topological polar surface area (TPSA) is 90.0 Å². The van der Waals surface area contributed by atoms with E-state index in [4.69, 9.17) is 5.11 Å². The molecule has 2 saturated heterocycles. The number of rotatable bonds is 6. The molecule has 140 valence electrons. The Balaban J connectivity index is 1.47. The number of carbonyl (C=O) groups excluding carboxylic acids is 2. The van der Waals surface area contributed by atoms with E-state index < -0.39 is 12.0 Å². The van der Waals surface area contributed by atoms with E-state index in [9.17, 15) is 14.4 Å². The van der Waals surface area contributed by atoms with Gasteiger partial charge in [0.05, 0.1) is 6.54 Å². The molecule has 1 aromatic carbocycles. The van der Waals surface area contributed by atoms with Crippen molar-refractivity contribution in [2.24, 2.45) is 0 Å². The maximum absolute atomic E-state index is 12.3. The number of hydrogen-bond acceptors (Lipinski definition) is 4. The number of amides is 2. The minimum atomic E-state index is -0.867. The van der Waals surface area contributed by atoms with E-state index in [1.165, 1.54) is 0 Å². The third kappa shape index (κ3) is 4.40. The monoisotopic (exact) mass is 359 g/mol. The predicted octanol–water partition coefficient (Wildman–Crippen LogP) is 1.09. The summed E-state index contributed by atoms with van der Waals surface area (Å²) in [6.07, 6.45) is 3.52. The summed E-state index contributed by atoms with van der Waals surface area (Å²) < 4.78 is 0. The maximum Gasteiger partial charge on any atom is 0.320 e. The Morgan fingerprint density at radius 1 is 1.04 bits per heavy atom. The van der Waals surface area contributed by atoms with E-state index in [-0.39, 0.29) is 18.4 Å². The molecule has 0 bridgehead atoms. The van der Waals surface area contributed by atoms with Gasteiger partial charge in [0.25, 0.3) is 5.91 Å². The van der Waals surface area contributed by atoms with E-state index in [1.54, 1.807) is 17.0 Å². The van der Waals surface area contributed by atoms with Crippen LogP contribution in [0.5, 0.6) is 0 Å². The van der Waals surface area contributed by atoms with Crippen LogP contribution in [-0.4, -0.2) is 64.9 Å². The summed E-state index contributed by atoms with van der Waals surface area (Å²) in [5.74, 6) is -0.990. The SMILES string of the molecule is O=C(CN1CCCC1C(=O)O)NCc1ccc(C(=O)N2CCCC2)cc1. The molecule has 7 nitrogen and oxygen atoms in total. The highest BCUT2D eigenvalue weighted by Gasteiger charge is 2.31. The zero-order valence-electron chi connectivity index (χ0n) is 14.8. The minimum absolute atomic E-state index is 0.0619. The first kappa shape index (κ1) is 18.4. The van der Waals surface area contributed by atoms with Crippen molar-refractivity contribution in [2.45, 2.75) is 38.3 Å². The molecule has 2 aliphatic rings. The lowest BCUT2D eigenvalue weighted by Gasteiger charge is -2.20. The van der Waals surface area contributed by atoms with Crippen LogP contribution in [0.2, 0.25) is 0 Å². The minimum Gasteiger partial charge on any atom is -0.480 e. The Morgan fingerprint density at radius 3 is 2.38 bits per heavy atom. The van der Waals surface area contributed by atoms with Gasteiger partial charge < -0.3 is 15.3 Å². The molecule has 1 atom stereocenters. The number of likely N-dealkylation sites (tertiary alicyclic amines) is 2. The molecule has 2 fully saturated rings. The summed E-state index contributed by atoms with van der Waals surface area (Å²) in [5, 5.41) is 12.0. The van der Waals surface area contributed by atoms with Crippen LogP contribution in [0.1, 0.15) is 41.6 Å². The zero-order valence-corrected chi connectivity index (χ0v) is 14.8. The zero-order chi connectivity index (χ0) is 18.5. The van der Waals surface area contributed by atoms with Crippen molar-refractivity contribution in [3.05, 3.63) is 35.4 Å². The fourth-order valence-electron chi connectivity index (χ4n) is 3.60. The molecule has 0 radical (unpaired) electrons. The average molecular weight is 359 g/mol. The molecule has 2 amide bonds. The van der Waals surface area contributed by atoms with Crippen LogP contribution in [0, 0.1) is 0 Å². The molecule has 1 unspecified atom stereocenters. The summed E-state index contributed by atoms with van der Waals surface area (Å²) in [6, 6.07) is 6.72. The van der Waals surface area contributed by atoms with Gasteiger partial charge in [-0.3, -0.25) is 19.3 Å². The van der Waals surface area contributed by atoms with Gasteiger partial charge in [0, 0.05) is 25.2 Å². The third-order valence-corrected chi connectivity index (χ3v) is 5.08. The van der Waals surface area contributed by atoms with Gasteiger partial charge in [-0.2, -0.15) is 0 Å². The first-order valence-corrected chi connectivity index (χ1v) is 9.16. The van der Waals surface area contributed by atoms with Crippen molar-refractivity contribution in [1.29, 1.82) is 0 Å². The van der Waals surface area contributed by atoms with Gasteiger partial charge in [-0.15, -0.1) is 0 Å². The van der Waals surface area contributed by atoms with Gasteiger partial charge in [-0.25, -0.2) is 0 Å². The molecule has 3 rings (SSSR count). The number of nitrogens with one attached hydrogen (secondary N) is 1. The largest absolute Gasteiger partial charge is 0.480 e. The fraction of sp³-hybridized carbons (Fsp3) is 0.526. The molecular formula is C19H25N3O4. The van der Waals surface area contributed by atoms with Gasteiger partial charge in [0.1, 0.15) is 6.04 Å². The van der Waals surface area contributed by atoms with Crippen molar-refractivity contribution in [1.82, 2.24) is 15.1 Å². The average Bonchev–Trinajstić information content (AvgIpc) is 3.31. The number of nitrogens with zero attached hydrogens (tertiary/aromatic N) is 2. The first-order chi connectivity index (χ1) is 12.5. The molecule has 1 aromatic rings. The number of carbonyl (C=O) groups is 3. The van der Waals surface area contributed by atoms with Crippen molar-refractivity contribution in [3.8, 4) is 0 Å². The second kappa shape index (κ2) is 8.31. The lowest BCUT2D eigenvalue weighted by molar-refractivity contribution is -0.142. The molecule has 0 spiro atoms. The third-order valence-electron chi connectivity index (χ3n) is 5.08. The number of hydrogen-bond donors (Lipinski definition) is 2. The Bertz CT molecular complexity index is 668. The van der Waals surface area contributed by atoms with Crippen molar-refractivity contribution in [2.75, 3.05) is 26.2 Å². The molecule has 0 saturated carbocycles. The highest BCUT2D eigenvalue weighted by Crippen LogP contribution is 2.17. The van der Waals surface area contributed by atoms with Gasteiger partial charge >= 0.3 is 5.97 Å². The number of benzene rings is 1. The second-order valence-corrected chi connectivity index (χ2v) is 6.94. The Labute approximate surface area is 153 Å². The number of carboxylic acid groups (broad SMARTS) is 1. The van der Waals surface area contributed by atoms with Crippen LogP contribution in [0.3, 0.4) is 0 Å². The quantitative estimate of drug-likeness (QED) is 0.793. The second-order valence-electron chi connectivity index (χ2n) is 6.94. The van der Waals surface area contributed by atoms with Gasteiger partial charge in [0.15, 0.2) is 0 Å². The van der Waals surface area contributed by atoms with E-state index in [2.05, 4.69) is 5.32 Å². The normalized spacial score (nSPS) is 20.3. The lowest BCUT2D eigenvalue weighted by atomic mass is 10.1. The van der Waals surface area contributed by atoms with Gasteiger partial charge in [-0.1, -0.05) is 12.1 Å². The molecular weight excluding hydrogens is 334 g/mol. The standard InChI is InChI=1S/C19H25N3O4/c23-17(13-22-11-3-4-16(22)19(25)26)20-12-14-5-7-15(8-6-14)18(24)21-9-1-2-10-21/h5-8,16H,1-4,9-13H2,(H,20,23)(H,25,26). The van der Waals surface area contributed by atoms with E-state index in [0.29, 0.717) is 25.1 Å². The number of carboxylic acids is 1. The Hall–Kier alpha value is -2.41. The highest BCUT2D eigenvalue weighted by atomic mass is 16.4. The maximum atomic E-state index is 12.3. The first-order valence-electron chi connectivity index (χ1n) is 9.16. The highest BCUT2D eigenvalue weighted by molar-refractivity contribution is 5.94. The lowest BCUT2D eigenvalue weighted by Crippen LogP contribution is -2.42.